The first-order chi connectivity index (χ1) is 9.93. The smallest absolute Gasteiger partial charge is 0.254 e. The number of primary amides is 1. The van der Waals surface area contributed by atoms with Crippen LogP contribution in [0.5, 0.6) is 5.75 Å². The first-order valence-corrected chi connectivity index (χ1v) is 6.33. The molecule has 110 valence electrons. The lowest BCUT2D eigenvalue weighted by molar-refractivity contribution is -0.114. The van der Waals surface area contributed by atoms with Crippen molar-refractivity contribution in [1.29, 1.82) is 0 Å². The first kappa shape index (κ1) is 14.6. The Balaban J connectivity index is 2.72. The van der Waals surface area contributed by atoms with Crippen LogP contribution in [0.2, 0.25) is 0 Å². The summed E-state index contributed by atoms with van der Waals surface area (Å²) in [4.78, 5) is 37.5. The second-order valence-corrected chi connectivity index (χ2v) is 4.40. The number of rotatable bonds is 4. The molecule has 7 heteroatoms. The lowest BCUT2D eigenvalue weighted by Crippen LogP contribution is -2.22. The Kier molecular flexibility index (Phi) is 3.93. The lowest BCUT2D eigenvalue weighted by atomic mass is 10.1. The Morgan fingerprint density at radius 1 is 1.38 bits per heavy atom. The maximum Gasteiger partial charge on any atom is 0.254 e. The summed E-state index contributed by atoms with van der Waals surface area (Å²) in [7, 11) is 0. The number of amides is 2. The number of fused-ring (bicyclic) bond motifs is 1. The summed E-state index contributed by atoms with van der Waals surface area (Å²) in [5.41, 5.74) is 5.37. The second-order valence-electron chi connectivity index (χ2n) is 4.40. The molecule has 0 unspecified atom stereocenters. The molecule has 0 saturated heterocycles. The van der Waals surface area contributed by atoms with Crippen molar-refractivity contribution < 1.29 is 14.3 Å². The second kappa shape index (κ2) is 5.66. The van der Waals surface area contributed by atoms with Gasteiger partial charge in [-0.15, -0.1) is 0 Å². The normalized spacial score (nSPS) is 10.4. The van der Waals surface area contributed by atoms with Gasteiger partial charge in [-0.3, -0.25) is 14.4 Å². The molecule has 1 heterocycles. The van der Waals surface area contributed by atoms with E-state index in [9.17, 15) is 14.4 Å². The third kappa shape index (κ3) is 2.86. The monoisotopic (exact) mass is 289 g/mol. The zero-order valence-corrected chi connectivity index (χ0v) is 11.6. The number of aromatic nitrogens is 1. The molecular formula is C14H15N3O4. The summed E-state index contributed by atoms with van der Waals surface area (Å²) in [6, 6.07) is 3.06. The van der Waals surface area contributed by atoms with Crippen molar-refractivity contribution in [2.45, 2.75) is 13.8 Å². The number of hydrogen-bond donors (Lipinski definition) is 3. The first-order valence-electron chi connectivity index (χ1n) is 6.33. The van der Waals surface area contributed by atoms with E-state index in [1.807, 2.05) is 0 Å². The van der Waals surface area contributed by atoms with Crippen LogP contribution in [0, 0.1) is 0 Å². The van der Waals surface area contributed by atoms with Crippen molar-refractivity contribution >= 4 is 28.4 Å². The van der Waals surface area contributed by atoms with E-state index in [1.54, 1.807) is 13.0 Å². The van der Waals surface area contributed by atoms with Crippen LogP contribution in [0.3, 0.4) is 0 Å². The minimum absolute atomic E-state index is 0.138. The fourth-order valence-electron chi connectivity index (χ4n) is 1.99. The highest BCUT2D eigenvalue weighted by molar-refractivity contribution is 5.99. The minimum Gasteiger partial charge on any atom is -0.492 e. The predicted molar refractivity (Wildman–Crippen MR) is 78.6 cm³/mol. The average molecular weight is 289 g/mol. The third-order valence-electron chi connectivity index (χ3n) is 2.86. The van der Waals surface area contributed by atoms with Gasteiger partial charge in [0.05, 0.1) is 17.8 Å². The van der Waals surface area contributed by atoms with Crippen molar-refractivity contribution in [2.24, 2.45) is 5.73 Å². The Morgan fingerprint density at radius 3 is 2.67 bits per heavy atom. The zero-order chi connectivity index (χ0) is 15.6. The molecule has 0 spiro atoms. The molecular weight excluding hydrogens is 274 g/mol. The number of aromatic amines is 1. The molecule has 0 aliphatic carbocycles. The van der Waals surface area contributed by atoms with Crippen LogP contribution in [0.4, 0.5) is 5.69 Å². The maximum atomic E-state index is 12.2. The topological polar surface area (TPSA) is 114 Å². The highest BCUT2D eigenvalue weighted by atomic mass is 16.5. The molecule has 21 heavy (non-hydrogen) atoms. The minimum atomic E-state index is -0.812. The third-order valence-corrected chi connectivity index (χ3v) is 2.86. The van der Waals surface area contributed by atoms with Gasteiger partial charge in [0.2, 0.25) is 11.3 Å². The van der Waals surface area contributed by atoms with Gasteiger partial charge >= 0.3 is 0 Å². The molecule has 0 fully saturated rings. The van der Waals surface area contributed by atoms with Crippen LogP contribution < -0.4 is 21.2 Å². The van der Waals surface area contributed by atoms with Gasteiger partial charge in [-0.25, -0.2) is 0 Å². The Bertz CT molecular complexity index is 780. The number of benzene rings is 1. The van der Waals surface area contributed by atoms with E-state index in [1.165, 1.54) is 19.2 Å². The summed E-state index contributed by atoms with van der Waals surface area (Å²) >= 11 is 0. The maximum absolute atomic E-state index is 12.2. The SMILES string of the molecule is CCOc1cc2[nH]cc(C(N)=O)c(=O)c2cc1NC(C)=O. The van der Waals surface area contributed by atoms with Gasteiger partial charge in [-0.2, -0.15) is 0 Å². The summed E-state index contributed by atoms with van der Waals surface area (Å²) in [5.74, 6) is -0.673. The van der Waals surface area contributed by atoms with Crippen molar-refractivity contribution in [3.8, 4) is 5.75 Å². The van der Waals surface area contributed by atoms with E-state index in [-0.39, 0.29) is 16.9 Å². The number of nitrogens with one attached hydrogen (secondary N) is 2. The van der Waals surface area contributed by atoms with Crippen LogP contribution in [-0.2, 0) is 4.79 Å². The van der Waals surface area contributed by atoms with Gasteiger partial charge in [0.15, 0.2) is 0 Å². The number of carbonyl (C=O) groups is 2. The lowest BCUT2D eigenvalue weighted by Gasteiger charge is -2.12. The van der Waals surface area contributed by atoms with E-state index in [0.29, 0.717) is 23.6 Å². The van der Waals surface area contributed by atoms with E-state index in [0.717, 1.165) is 0 Å². The van der Waals surface area contributed by atoms with E-state index >= 15 is 0 Å². The van der Waals surface area contributed by atoms with Crippen molar-refractivity contribution in [3.05, 3.63) is 34.1 Å². The number of H-pyrrole nitrogens is 1. The van der Waals surface area contributed by atoms with Crippen LogP contribution in [0.25, 0.3) is 10.9 Å². The van der Waals surface area contributed by atoms with E-state index < -0.39 is 11.3 Å². The number of ether oxygens (including phenoxy) is 1. The van der Waals surface area contributed by atoms with Gasteiger partial charge in [0.25, 0.3) is 5.91 Å². The van der Waals surface area contributed by atoms with Crippen LogP contribution in [-0.4, -0.2) is 23.4 Å². The number of carbonyl (C=O) groups excluding carboxylic acids is 2. The van der Waals surface area contributed by atoms with Crippen molar-refractivity contribution in [3.63, 3.8) is 0 Å². The zero-order valence-electron chi connectivity index (χ0n) is 11.6. The van der Waals surface area contributed by atoms with Crippen molar-refractivity contribution in [2.75, 3.05) is 11.9 Å². The standard InChI is InChI=1S/C14H15N3O4/c1-3-21-12-5-10-8(4-11(12)17-7(2)18)13(19)9(6-16-10)14(15)20/h4-6H,3H2,1-2H3,(H2,15,20)(H,16,19)(H,17,18). The largest absolute Gasteiger partial charge is 0.492 e. The van der Waals surface area contributed by atoms with Gasteiger partial charge < -0.3 is 20.8 Å². The number of anilines is 1. The molecule has 1 aromatic carbocycles. The summed E-state index contributed by atoms with van der Waals surface area (Å²) in [6.07, 6.45) is 1.26. The Hall–Kier alpha value is -2.83. The fraction of sp³-hybridized carbons (Fsp3) is 0.214. The van der Waals surface area contributed by atoms with Crippen LogP contribution >= 0.6 is 0 Å². The fourth-order valence-corrected chi connectivity index (χ4v) is 1.99. The molecule has 0 aliphatic rings. The quantitative estimate of drug-likeness (QED) is 0.778. The molecule has 2 amide bonds. The highest BCUT2D eigenvalue weighted by Gasteiger charge is 2.14. The molecule has 4 N–H and O–H groups in total. The molecule has 2 rings (SSSR count). The van der Waals surface area contributed by atoms with Crippen LogP contribution in [0.15, 0.2) is 23.1 Å². The van der Waals surface area contributed by atoms with Gasteiger partial charge in [-0.05, 0) is 13.0 Å². The Morgan fingerprint density at radius 2 is 2.10 bits per heavy atom. The highest BCUT2D eigenvalue weighted by Crippen LogP contribution is 2.28. The number of hydrogen-bond acceptors (Lipinski definition) is 4. The van der Waals surface area contributed by atoms with Crippen LogP contribution in [0.1, 0.15) is 24.2 Å². The van der Waals surface area contributed by atoms with Gasteiger partial charge in [0.1, 0.15) is 11.3 Å². The molecule has 0 radical (unpaired) electrons. The van der Waals surface area contributed by atoms with E-state index in [4.69, 9.17) is 10.5 Å². The molecule has 7 nitrogen and oxygen atoms in total. The van der Waals surface area contributed by atoms with E-state index in [2.05, 4.69) is 10.3 Å². The summed E-state index contributed by atoms with van der Waals surface area (Å²) in [5, 5.41) is 2.84. The molecule has 0 aliphatic heterocycles. The number of pyridine rings is 1. The molecule has 2 aromatic rings. The van der Waals surface area contributed by atoms with Gasteiger partial charge in [0, 0.05) is 24.6 Å². The van der Waals surface area contributed by atoms with Crippen molar-refractivity contribution in [1.82, 2.24) is 4.98 Å². The summed E-state index contributed by atoms with van der Waals surface area (Å²) < 4.78 is 5.44. The molecule has 1 aromatic heterocycles. The summed E-state index contributed by atoms with van der Waals surface area (Å²) in [6.45, 7) is 3.56. The molecule has 0 saturated carbocycles. The molecule has 0 atom stereocenters. The molecule has 0 bridgehead atoms. The number of nitrogens with two attached hydrogens (primary N) is 1. The Labute approximate surface area is 120 Å². The van der Waals surface area contributed by atoms with Gasteiger partial charge in [-0.1, -0.05) is 0 Å². The predicted octanol–water partition coefficient (Wildman–Crippen LogP) is 0.984. The average Bonchev–Trinajstić information content (AvgIpc) is 2.40.